The second-order valence-electron chi connectivity index (χ2n) is 6.97. The molecule has 0 radical (unpaired) electrons. The quantitative estimate of drug-likeness (QED) is 0.325. The topological polar surface area (TPSA) is 98.5 Å². The minimum absolute atomic E-state index is 0.0480. The first kappa shape index (κ1) is 21.7. The number of carbonyl (C=O) groups excluding carboxylic acids is 2. The first-order valence-electron chi connectivity index (χ1n) is 9.79. The zero-order valence-corrected chi connectivity index (χ0v) is 16.9. The number of hydrogen-bond donors (Lipinski definition) is 1. The fraction of sp³-hybridized carbons (Fsp3) is 0.167. The molecule has 158 valence electrons. The predicted octanol–water partition coefficient (Wildman–Crippen LogP) is 4.69. The summed E-state index contributed by atoms with van der Waals surface area (Å²) < 4.78 is 5.34. The van der Waals surface area contributed by atoms with Crippen LogP contribution in [0.25, 0.3) is 0 Å². The number of ether oxygens (including phenoxy) is 1. The van der Waals surface area contributed by atoms with Crippen LogP contribution in [0.4, 0.5) is 11.4 Å². The summed E-state index contributed by atoms with van der Waals surface area (Å²) >= 11 is 0. The van der Waals surface area contributed by atoms with Gasteiger partial charge in [0.1, 0.15) is 5.69 Å². The molecule has 0 unspecified atom stereocenters. The Kier molecular flexibility index (Phi) is 7.11. The number of anilines is 1. The fourth-order valence-corrected chi connectivity index (χ4v) is 3.24. The van der Waals surface area contributed by atoms with Gasteiger partial charge in [-0.05, 0) is 24.1 Å². The first-order chi connectivity index (χ1) is 15.0. The third kappa shape index (κ3) is 5.76. The highest BCUT2D eigenvalue weighted by Crippen LogP contribution is 2.28. The second kappa shape index (κ2) is 10.2. The highest BCUT2D eigenvalue weighted by molar-refractivity contribution is 5.96. The Morgan fingerprint density at radius 2 is 1.42 bits per heavy atom. The number of benzene rings is 3. The Labute approximate surface area is 179 Å². The Morgan fingerprint density at radius 1 is 0.903 bits per heavy atom. The maximum Gasteiger partial charge on any atom is 0.307 e. The molecule has 0 heterocycles. The molecule has 3 aromatic rings. The number of carbonyl (C=O) groups is 2. The average molecular weight is 418 g/mol. The van der Waals surface area contributed by atoms with E-state index in [4.69, 9.17) is 4.74 Å². The lowest BCUT2D eigenvalue weighted by atomic mass is 9.88. The van der Waals surface area contributed by atoms with E-state index in [-0.39, 0.29) is 23.7 Å². The molecule has 1 N–H and O–H groups in total. The molecule has 3 rings (SSSR count). The monoisotopic (exact) mass is 418 g/mol. The largest absolute Gasteiger partial charge is 0.453 e. The van der Waals surface area contributed by atoms with E-state index in [1.165, 1.54) is 25.1 Å². The highest BCUT2D eigenvalue weighted by atomic mass is 16.6. The van der Waals surface area contributed by atoms with Crippen molar-refractivity contribution in [1.82, 2.24) is 0 Å². The Morgan fingerprint density at radius 3 is 1.97 bits per heavy atom. The molecule has 0 aromatic heterocycles. The van der Waals surface area contributed by atoms with Crippen molar-refractivity contribution in [2.75, 3.05) is 5.32 Å². The zero-order valence-electron chi connectivity index (χ0n) is 16.9. The molecule has 0 saturated heterocycles. The van der Waals surface area contributed by atoms with Gasteiger partial charge in [-0.3, -0.25) is 19.7 Å². The molecule has 31 heavy (non-hydrogen) atoms. The molecule has 0 bridgehead atoms. The molecular weight excluding hydrogens is 396 g/mol. The molecule has 0 fully saturated rings. The third-order valence-electron chi connectivity index (χ3n) is 4.81. The van der Waals surface area contributed by atoms with Crippen LogP contribution in [0.1, 0.15) is 30.4 Å². The van der Waals surface area contributed by atoms with Gasteiger partial charge in [0.25, 0.3) is 11.6 Å². The van der Waals surface area contributed by atoms with Crippen LogP contribution in [-0.4, -0.2) is 22.9 Å². The standard InChI is InChI=1S/C24H22N2O5/c1-17(24(28)25-21-14-8-9-15-22(21)26(29)30)31-23(27)16-20(18-10-4-2-5-11-18)19-12-6-3-7-13-19/h2-15,17,20H,16H2,1H3,(H,25,28)/t17-/m1/s1. The Bertz CT molecular complexity index is 1010. The van der Waals surface area contributed by atoms with E-state index < -0.39 is 22.9 Å². The highest BCUT2D eigenvalue weighted by Gasteiger charge is 2.24. The molecule has 0 aliphatic heterocycles. The molecule has 0 aliphatic rings. The number of nitro groups is 1. The maximum absolute atomic E-state index is 12.6. The van der Waals surface area contributed by atoms with Gasteiger partial charge in [-0.2, -0.15) is 0 Å². The van der Waals surface area contributed by atoms with Crippen LogP contribution >= 0.6 is 0 Å². The van der Waals surface area contributed by atoms with Crippen LogP contribution in [0, 0.1) is 10.1 Å². The van der Waals surface area contributed by atoms with Gasteiger partial charge in [-0.15, -0.1) is 0 Å². The molecule has 0 aliphatic carbocycles. The van der Waals surface area contributed by atoms with Crippen molar-refractivity contribution in [3.8, 4) is 0 Å². The summed E-state index contributed by atoms with van der Waals surface area (Å²) in [5.74, 6) is -1.40. The third-order valence-corrected chi connectivity index (χ3v) is 4.81. The minimum Gasteiger partial charge on any atom is -0.453 e. The summed E-state index contributed by atoms with van der Waals surface area (Å²) in [6, 6.07) is 25.0. The van der Waals surface area contributed by atoms with Gasteiger partial charge in [-0.25, -0.2) is 0 Å². The van der Waals surface area contributed by atoms with E-state index in [9.17, 15) is 19.7 Å². The van der Waals surface area contributed by atoms with Crippen molar-refractivity contribution < 1.29 is 19.2 Å². The van der Waals surface area contributed by atoms with Crippen molar-refractivity contribution in [3.63, 3.8) is 0 Å². The zero-order chi connectivity index (χ0) is 22.2. The lowest BCUT2D eigenvalue weighted by Gasteiger charge is -2.19. The van der Waals surface area contributed by atoms with Gasteiger partial charge in [0.15, 0.2) is 6.10 Å². The molecule has 1 amide bonds. The number of rotatable bonds is 8. The summed E-state index contributed by atoms with van der Waals surface area (Å²) in [6.45, 7) is 1.43. The number of esters is 1. The number of nitrogens with zero attached hydrogens (tertiary/aromatic N) is 1. The maximum atomic E-state index is 12.6. The lowest BCUT2D eigenvalue weighted by molar-refractivity contribution is -0.383. The molecular formula is C24H22N2O5. The smallest absolute Gasteiger partial charge is 0.307 e. The van der Waals surface area contributed by atoms with Crippen molar-refractivity contribution in [2.45, 2.75) is 25.4 Å². The van der Waals surface area contributed by atoms with Crippen LogP contribution in [0.15, 0.2) is 84.9 Å². The Hall–Kier alpha value is -4.00. The first-order valence-corrected chi connectivity index (χ1v) is 9.79. The molecule has 3 aromatic carbocycles. The fourth-order valence-electron chi connectivity index (χ4n) is 3.24. The van der Waals surface area contributed by atoms with E-state index in [0.29, 0.717) is 0 Å². The van der Waals surface area contributed by atoms with Crippen molar-refractivity contribution in [3.05, 3.63) is 106 Å². The van der Waals surface area contributed by atoms with E-state index in [0.717, 1.165) is 11.1 Å². The van der Waals surface area contributed by atoms with Gasteiger partial charge in [-0.1, -0.05) is 72.8 Å². The number of nitrogens with one attached hydrogen (secondary N) is 1. The van der Waals surface area contributed by atoms with Crippen LogP contribution < -0.4 is 5.32 Å². The molecule has 7 heteroatoms. The van der Waals surface area contributed by atoms with Gasteiger partial charge >= 0.3 is 5.97 Å². The summed E-state index contributed by atoms with van der Waals surface area (Å²) in [5.41, 5.74) is 1.74. The average Bonchev–Trinajstić information content (AvgIpc) is 2.78. The van der Waals surface area contributed by atoms with Gasteiger partial charge < -0.3 is 10.1 Å². The van der Waals surface area contributed by atoms with Crippen LogP contribution in [0.3, 0.4) is 0 Å². The lowest BCUT2D eigenvalue weighted by Crippen LogP contribution is -2.30. The normalized spacial score (nSPS) is 11.5. The number of nitro benzene ring substituents is 1. The van der Waals surface area contributed by atoms with Crippen molar-refractivity contribution in [2.24, 2.45) is 0 Å². The Balaban J connectivity index is 1.68. The van der Waals surface area contributed by atoms with Crippen molar-refractivity contribution >= 4 is 23.3 Å². The van der Waals surface area contributed by atoms with Gasteiger partial charge in [0.05, 0.1) is 11.3 Å². The number of hydrogen-bond acceptors (Lipinski definition) is 5. The number of amides is 1. The molecule has 7 nitrogen and oxygen atoms in total. The molecule has 0 saturated carbocycles. The second-order valence-corrected chi connectivity index (χ2v) is 6.97. The van der Waals surface area contributed by atoms with E-state index >= 15 is 0 Å². The van der Waals surface area contributed by atoms with Crippen LogP contribution in [-0.2, 0) is 14.3 Å². The molecule has 1 atom stereocenters. The van der Waals surface area contributed by atoms with Crippen LogP contribution in [0.5, 0.6) is 0 Å². The van der Waals surface area contributed by atoms with Gasteiger partial charge in [0.2, 0.25) is 0 Å². The van der Waals surface area contributed by atoms with E-state index in [1.54, 1.807) is 6.07 Å². The predicted molar refractivity (Wildman–Crippen MR) is 117 cm³/mol. The van der Waals surface area contributed by atoms with E-state index in [2.05, 4.69) is 5.32 Å². The summed E-state index contributed by atoms with van der Waals surface area (Å²) in [5, 5.41) is 13.6. The summed E-state index contributed by atoms with van der Waals surface area (Å²) in [7, 11) is 0. The van der Waals surface area contributed by atoms with Crippen LogP contribution in [0.2, 0.25) is 0 Å². The summed E-state index contributed by atoms with van der Waals surface area (Å²) in [6.07, 6.45) is -1.06. The minimum atomic E-state index is -1.11. The van der Waals surface area contributed by atoms with E-state index in [1.807, 2.05) is 60.7 Å². The van der Waals surface area contributed by atoms with Crippen molar-refractivity contribution in [1.29, 1.82) is 0 Å². The summed E-state index contributed by atoms with van der Waals surface area (Å²) in [4.78, 5) is 35.6. The number of para-hydroxylation sites is 2. The van der Waals surface area contributed by atoms with Gasteiger partial charge in [0, 0.05) is 12.0 Å². The SMILES string of the molecule is C[C@@H](OC(=O)CC(c1ccccc1)c1ccccc1)C(=O)Nc1ccccc1[N+](=O)[O-]. The molecule has 0 spiro atoms.